The Morgan fingerprint density at radius 2 is 1.88 bits per heavy atom. The molecule has 1 radical (unpaired) electrons. The van der Waals surface area contributed by atoms with Crippen molar-refractivity contribution in [3.63, 3.8) is 0 Å². The third-order valence-corrected chi connectivity index (χ3v) is 1.14. The summed E-state index contributed by atoms with van der Waals surface area (Å²) < 4.78 is 29.0. The SMILES string of the molecule is CC(=O)CS([O])(=O)=O. The summed E-state index contributed by atoms with van der Waals surface area (Å²) in [5.74, 6) is -1.52. The van der Waals surface area contributed by atoms with Crippen LogP contribution in [-0.2, 0) is 19.5 Å². The lowest BCUT2D eigenvalue weighted by Crippen LogP contribution is -2.09. The number of carbonyl (C=O) groups excluding carboxylic acids is 1. The minimum absolute atomic E-state index is 0.625. The molecule has 0 unspecified atom stereocenters. The Morgan fingerprint density at radius 3 is 1.88 bits per heavy atom. The van der Waals surface area contributed by atoms with Crippen LogP contribution in [0.1, 0.15) is 6.92 Å². The van der Waals surface area contributed by atoms with Gasteiger partial charge >= 0.3 is 10.1 Å². The van der Waals surface area contributed by atoms with E-state index in [0.717, 1.165) is 6.92 Å². The Bertz CT molecular complexity index is 177. The van der Waals surface area contributed by atoms with Crippen molar-refractivity contribution in [3.8, 4) is 0 Å². The molecular weight excluding hydrogens is 132 g/mol. The average Bonchev–Trinajstić information content (AvgIpc) is 1.21. The molecule has 0 bridgehead atoms. The second-order valence-electron chi connectivity index (χ2n) is 1.40. The number of hydrogen-bond acceptors (Lipinski definition) is 3. The molecule has 0 aromatic carbocycles. The van der Waals surface area contributed by atoms with Crippen LogP contribution in [-0.4, -0.2) is 20.0 Å². The van der Waals surface area contributed by atoms with Gasteiger partial charge in [-0.25, -0.2) is 0 Å². The van der Waals surface area contributed by atoms with Crippen molar-refractivity contribution in [2.24, 2.45) is 0 Å². The van der Waals surface area contributed by atoms with Crippen molar-refractivity contribution in [1.82, 2.24) is 0 Å². The zero-order valence-electron chi connectivity index (χ0n) is 4.25. The average molecular weight is 137 g/mol. The third-order valence-electron chi connectivity index (χ3n) is 0.380. The smallest absolute Gasteiger partial charge is 0.299 e. The molecule has 0 N–H and O–H groups in total. The molecule has 0 aromatic rings. The summed E-state index contributed by atoms with van der Waals surface area (Å²) in [5.41, 5.74) is 0. The van der Waals surface area contributed by atoms with E-state index in [4.69, 9.17) is 0 Å². The van der Waals surface area contributed by atoms with Crippen LogP contribution < -0.4 is 0 Å². The molecule has 0 aliphatic carbocycles. The fourth-order valence-corrected chi connectivity index (χ4v) is 0.747. The fourth-order valence-electron chi connectivity index (χ4n) is 0.249. The first-order chi connectivity index (χ1) is 3.42. The minimum atomic E-state index is -4.32. The maximum Gasteiger partial charge on any atom is 0.301 e. The number of rotatable bonds is 2. The predicted octanol–water partition coefficient (Wildman–Crippen LogP) is -0.664. The largest absolute Gasteiger partial charge is 0.301 e. The zero-order chi connectivity index (χ0) is 6.78. The van der Waals surface area contributed by atoms with Crippen molar-refractivity contribution in [2.45, 2.75) is 6.92 Å². The fraction of sp³-hybridized carbons (Fsp3) is 0.667. The first-order valence-electron chi connectivity index (χ1n) is 1.85. The second kappa shape index (κ2) is 2.23. The predicted molar refractivity (Wildman–Crippen MR) is 25.2 cm³/mol. The van der Waals surface area contributed by atoms with Crippen LogP contribution in [0.3, 0.4) is 0 Å². The van der Waals surface area contributed by atoms with Gasteiger partial charge in [-0.2, -0.15) is 8.42 Å². The summed E-state index contributed by atoms with van der Waals surface area (Å²) in [4.78, 5) is 9.88. The second-order valence-corrected chi connectivity index (χ2v) is 2.81. The van der Waals surface area contributed by atoms with Gasteiger partial charge in [-0.15, -0.1) is 0 Å². The maximum absolute atomic E-state index is 9.88. The van der Waals surface area contributed by atoms with Gasteiger partial charge in [-0.1, -0.05) is 4.55 Å². The van der Waals surface area contributed by atoms with Crippen LogP contribution in [0.5, 0.6) is 0 Å². The molecule has 0 saturated carbocycles. The molecule has 0 fully saturated rings. The molecule has 47 valence electrons. The van der Waals surface area contributed by atoms with Gasteiger partial charge in [0.15, 0.2) is 0 Å². The summed E-state index contributed by atoms with van der Waals surface area (Å²) in [6, 6.07) is 0. The van der Waals surface area contributed by atoms with E-state index in [1.165, 1.54) is 0 Å². The minimum Gasteiger partial charge on any atom is -0.299 e. The maximum atomic E-state index is 9.88. The summed E-state index contributed by atoms with van der Waals surface area (Å²) >= 11 is 0. The Hall–Kier alpha value is -0.420. The van der Waals surface area contributed by atoms with Gasteiger partial charge in [0.2, 0.25) is 0 Å². The molecule has 0 amide bonds. The highest BCUT2D eigenvalue weighted by atomic mass is 32.2. The molecule has 0 atom stereocenters. The molecule has 0 rings (SSSR count). The van der Waals surface area contributed by atoms with Gasteiger partial charge in [0.1, 0.15) is 11.5 Å². The Balaban J connectivity index is 3.95. The van der Waals surface area contributed by atoms with Crippen LogP contribution >= 0.6 is 0 Å². The summed E-state index contributed by atoms with van der Waals surface area (Å²) in [6.45, 7) is 1.05. The molecule has 0 heterocycles. The van der Waals surface area contributed by atoms with Crippen molar-refractivity contribution in [1.29, 1.82) is 0 Å². The van der Waals surface area contributed by atoms with Crippen molar-refractivity contribution in [3.05, 3.63) is 0 Å². The van der Waals surface area contributed by atoms with Gasteiger partial charge in [0.25, 0.3) is 0 Å². The molecule has 0 aromatic heterocycles. The van der Waals surface area contributed by atoms with Crippen LogP contribution in [0.4, 0.5) is 0 Å². The quantitative estimate of drug-likeness (QED) is 0.507. The van der Waals surface area contributed by atoms with Gasteiger partial charge in [-0.05, 0) is 6.92 Å². The first kappa shape index (κ1) is 7.58. The van der Waals surface area contributed by atoms with Crippen molar-refractivity contribution < 1.29 is 17.8 Å². The van der Waals surface area contributed by atoms with E-state index in [2.05, 4.69) is 0 Å². The Morgan fingerprint density at radius 1 is 1.50 bits per heavy atom. The normalized spacial score (nSPS) is 11.2. The van der Waals surface area contributed by atoms with E-state index in [1.807, 2.05) is 0 Å². The van der Waals surface area contributed by atoms with E-state index < -0.39 is 21.7 Å². The number of ketones is 1. The van der Waals surface area contributed by atoms with Crippen LogP contribution in [0.2, 0.25) is 0 Å². The van der Waals surface area contributed by atoms with Gasteiger partial charge in [0, 0.05) is 0 Å². The first-order valence-corrected chi connectivity index (χ1v) is 3.42. The van der Waals surface area contributed by atoms with Crippen molar-refractivity contribution in [2.75, 3.05) is 5.75 Å². The van der Waals surface area contributed by atoms with Crippen LogP contribution in [0.15, 0.2) is 0 Å². The molecule has 4 nitrogen and oxygen atoms in total. The zero-order valence-corrected chi connectivity index (χ0v) is 5.06. The molecule has 0 spiro atoms. The highest BCUT2D eigenvalue weighted by molar-refractivity contribution is 7.86. The lowest BCUT2D eigenvalue weighted by atomic mass is 10.5. The summed E-state index contributed by atoms with van der Waals surface area (Å²) in [5, 5.41) is 0. The van der Waals surface area contributed by atoms with E-state index >= 15 is 0 Å². The van der Waals surface area contributed by atoms with Crippen molar-refractivity contribution >= 4 is 15.9 Å². The number of carbonyl (C=O) groups is 1. The van der Waals surface area contributed by atoms with E-state index in [0.29, 0.717) is 0 Å². The van der Waals surface area contributed by atoms with Gasteiger partial charge in [0.05, 0.1) is 0 Å². The lowest BCUT2D eigenvalue weighted by molar-refractivity contribution is -0.114. The van der Waals surface area contributed by atoms with E-state index in [-0.39, 0.29) is 0 Å². The summed E-state index contributed by atoms with van der Waals surface area (Å²) in [6.07, 6.45) is 0. The summed E-state index contributed by atoms with van der Waals surface area (Å²) in [7, 11) is -4.32. The van der Waals surface area contributed by atoms with E-state index in [1.54, 1.807) is 0 Å². The van der Waals surface area contributed by atoms with E-state index in [9.17, 15) is 17.8 Å². The van der Waals surface area contributed by atoms with Gasteiger partial charge < -0.3 is 0 Å². The highest BCUT2D eigenvalue weighted by Crippen LogP contribution is 1.81. The molecule has 0 aliphatic heterocycles. The molecule has 5 heteroatoms. The van der Waals surface area contributed by atoms with Crippen LogP contribution in [0.25, 0.3) is 0 Å². The number of Topliss-reactive ketones (excluding diaryl/α,β-unsaturated/α-hetero) is 1. The van der Waals surface area contributed by atoms with Crippen LogP contribution in [0, 0.1) is 0 Å². The van der Waals surface area contributed by atoms with Gasteiger partial charge in [-0.3, -0.25) is 4.79 Å². The standard InChI is InChI=1S/C3H5O4S/c1-3(4)2-8(5,6)7/h2H2,1H3. The Labute approximate surface area is 47.3 Å². The molecule has 0 aliphatic rings. The topological polar surface area (TPSA) is 71.1 Å². The monoisotopic (exact) mass is 137 g/mol. The molecule has 0 saturated heterocycles. The molecular formula is C3H5O4S. The lowest BCUT2D eigenvalue weighted by Gasteiger charge is -1.83. The third kappa shape index (κ3) is 5.58. The Kier molecular flexibility index (Phi) is 2.12. The highest BCUT2D eigenvalue weighted by Gasteiger charge is 2.08. The molecule has 8 heavy (non-hydrogen) atoms. The number of hydrogen-bond donors (Lipinski definition) is 0.